The third kappa shape index (κ3) is 5.54. The van der Waals surface area contributed by atoms with Gasteiger partial charge in [0.1, 0.15) is 0 Å². The van der Waals surface area contributed by atoms with Crippen molar-refractivity contribution >= 4 is 0 Å². The monoisotopic (exact) mass is 297 g/mol. The number of ether oxygens (including phenoxy) is 2. The van der Waals surface area contributed by atoms with Crippen LogP contribution >= 0.6 is 0 Å². The van der Waals surface area contributed by atoms with E-state index in [4.69, 9.17) is 9.47 Å². The van der Waals surface area contributed by atoms with Gasteiger partial charge in [0, 0.05) is 25.8 Å². The fourth-order valence-corrected chi connectivity index (χ4v) is 4.32. The van der Waals surface area contributed by atoms with Crippen LogP contribution in [0.2, 0.25) is 0 Å². The third-order valence-electron chi connectivity index (χ3n) is 5.33. The zero-order valence-corrected chi connectivity index (χ0v) is 14.1. The molecule has 0 spiro atoms. The van der Waals surface area contributed by atoms with Gasteiger partial charge in [-0.3, -0.25) is 0 Å². The molecule has 2 rings (SSSR count). The zero-order chi connectivity index (χ0) is 14.9. The van der Waals surface area contributed by atoms with Crippen molar-refractivity contribution in [2.45, 2.75) is 84.0 Å². The molecule has 2 fully saturated rings. The Balaban J connectivity index is 1.82. The van der Waals surface area contributed by atoms with E-state index >= 15 is 0 Å². The highest BCUT2D eigenvalue weighted by atomic mass is 16.7. The second kappa shape index (κ2) is 9.81. The molecule has 2 aliphatic carbocycles. The van der Waals surface area contributed by atoms with Gasteiger partial charge in [-0.1, -0.05) is 44.9 Å². The summed E-state index contributed by atoms with van der Waals surface area (Å²) >= 11 is 0. The molecule has 2 aliphatic rings. The van der Waals surface area contributed by atoms with Gasteiger partial charge in [0.25, 0.3) is 0 Å². The molecule has 3 heteroatoms. The Labute approximate surface area is 131 Å². The SMILES string of the molecule is CCOC(CNC1CCCCC1C1CCCCC1)OCC. The van der Waals surface area contributed by atoms with Gasteiger partial charge in [0.05, 0.1) is 0 Å². The molecule has 3 nitrogen and oxygen atoms in total. The van der Waals surface area contributed by atoms with Crippen LogP contribution < -0.4 is 5.32 Å². The fourth-order valence-electron chi connectivity index (χ4n) is 4.32. The van der Waals surface area contributed by atoms with E-state index in [9.17, 15) is 0 Å². The van der Waals surface area contributed by atoms with Crippen molar-refractivity contribution in [3.8, 4) is 0 Å². The normalized spacial score (nSPS) is 28.1. The highest BCUT2D eigenvalue weighted by Crippen LogP contribution is 2.38. The maximum atomic E-state index is 5.67. The summed E-state index contributed by atoms with van der Waals surface area (Å²) in [5, 5.41) is 3.79. The van der Waals surface area contributed by atoms with E-state index in [2.05, 4.69) is 5.32 Å². The Morgan fingerprint density at radius 2 is 1.48 bits per heavy atom. The molecule has 0 bridgehead atoms. The molecular formula is C18H35NO2. The van der Waals surface area contributed by atoms with Crippen LogP contribution in [0, 0.1) is 11.8 Å². The lowest BCUT2D eigenvalue weighted by atomic mass is 9.71. The molecule has 0 aromatic rings. The lowest BCUT2D eigenvalue weighted by Crippen LogP contribution is -2.46. The fraction of sp³-hybridized carbons (Fsp3) is 1.00. The Bertz CT molecular complexity index is 260. The van der Waals surface area contributed by atoms with Crippen molar-refractivity contribution in [1.29, 1.82) is 0 Å². The van der Waals surface area contributed by atoms with Crippen LogP contribution in [-0.2, 0) is 9.47 Å². The van der Waals surface area contributed by atoms with Crippen LogP contribution in [0.15, 0.2) is 0 Å². The zero-order valence-electron chi connectivity index (χ0n) is 14.1. The van der Waals surface area contributed by atoms with Gasteiger partial charge in [-0.05, 0) is 38.5 Å². The molecule has 0 saturated heterocycles. The molecule has 21 heavy (non-hydrogen) atoms. The minimum absolute atomic E-state index is 0.0751. The van der Waals surface area contributed by atoms with Crippen molar-refractivity contribution in [3.05, 3.63) is 0 Å². The Morgan fingerprint density at radius 1 is 0.857 bits per heavy atom. The minimum Gasteiger partial charge on any atom is -0.352 e. The molecule has 2 saturated carbocycles. The van der Waals surface area contributed by atoms with E-state index in [1.165, 1.54) is 57.8 Å². The van der Waals surface area contributed by atoms with E-state index in [1.807, 2.05) is 13.8 Å². The lowest BCUT2D eigenvalue weighted by Gasteiger charge is -2.40. The van der Waals surface area contributed by atoms with Crippen LogP contribution in [0.4, 0.5) is 0 Å². The summed E-state index contributed by atoms with van der Waals surface area (Å²) in [6.07, 6.45) is 12.8. The molecular weight excluding hydrogens is 262 g/mol. The summed E-state index contributed by atoms with van der Waals surface area (Å²) in [5.74, 6) is 1.86. The molecule has 1 N–H and O–H groups in total. The Hall–Kier alpha value is -0.120. The maximum absolute atomic E-state index is 5.67. The first-order chi connectivity index (χ1) is 10.3. The van der Waals surface area contributed by atoms with E-state index < -0.39 is 0 Å². The van der Waals surface area contributed by atoms with Crippen LogP contribution in [0.5, 0.6) is 0 Å². The van der Waals surface area contributed by atoms with Gasteiger partial charge < -0.3 is 14.8 Å². The van der Waals surface area contributed by atoms with Gasteiger partial charge in [0.15, 0.2) is 6.29 Å². The number of hydrogen-bond acceptors (Lipinski definition) is 3. The molecule has 0 aromatic carbocycles. The summed E-state index contributed by atoms with van der Waals surface area (Å²) in [6, 6.07) is 0.685. The van der Waals surface area contributed by atoms with Gasteiger partial charge in [-0.2, -0.15) is 0 Å². The average Bonchev–Trinajstić information content (AvgIpc) is 2.54. The summed E-state index contributed by atoms with van der Waals surface area (Å²) < 4.78 is 11.3. The van der Waals surface area contributed by atoms with E-state index in [-0.39, 0.29) is 6.29 Å². The van der Waals surface area contributed by atoms with Crippen molar-refractivity contribution < 1.29 is 9.47 Å². The number of rotatable bonds is 8. The number of hydrogen-bond donors (Lipinski definition) is 1. The topological polar surface area (TPSA) is 30.5 Å². The van der Waals surface area contributed by atoms with E-state index in [0.717, 1.165) is 31.6 Å². The molecule has 2 atom stereocenters. The van der Waals surface area contributed by atoms with E-state index in [1.54, 1.807) is 0 Å². The molecule has 0 amide bonds. The second-order valence-electron chi connectivity index (χ2n) is 6.70. The first kappa shape index (κ1) is 17.2. The molecule has 0 radical (unpaired) electrons. The summed E-state index contributed by atoms with van der Waals surface area (Å²) in [6.45, 7) is 6.37. The summed E-state index contributed by atoms with van der Waals surface area (Å²) in [4.78, 5) is 0. The van der Waals surface area contributed by atoms with Gasteiger partial charge in [0.2, 0.25) is 0 Å². The minimum atomic E-state index is -0.0751. The van der Waals surface area contributed by atoms with Gasteiger partial charge in [-0.15, -0.1) is 0 Å². The first-order valence-corrected chi connectivity index (χ1v) is 9.31. The standard InChI is InChI=1S/C18H35NO2/c1-3-20-18(21-4-2)14-19-17-13-9-8-12-16(17)15-10-6-5-7-11-15/h15-19H,3-14H2,1-2H3. The average molecular weight is 297 g/mol. The largest absolute Gasteiger partial charge is 0.352 e. The van der Waals surface area contributed by atoms with E-state index in [0.29, 0.717) is 6.04 Å². The third-order valence-corrected chi connectivity index (χ3v) is 5.33. The number of nitrogens with one attached hydrogen (secondary N) is 1. The summed E-state index contributed by atoms with van der Waals surface area (Å²) in [5.41, 5.74) is 0. The van der Waals surface area contributed by atoms with Crippen molar-refractivity contribution in [3.63, 3.8) is 0 Å². The van der Waals surface area contributed by atoms with Crippen molar-refractivity contribution in [2.75, 3.05) is 19.8 Å². The van der Waals surface area contributed by atoms with Gasteiger partial charge >= 0.3 is 0 Å². The predicted octanol–water partition coefficient (Wildman–Crippen LogP) is 4.11. The van der Waals surface area contributed by atoms with Crippen molar-refractivity contribution in [1.82, 2.24) is 5.32 Å². The highest BCUT2D eigenvalue weighted by Gasteiger charge is 2.32. The molecule has 124 valence electrons. The Kier molecular flexibility index (Phi) is 8.05. The quantitative estimate of drug-likeness (QED) is 0.684. The highest BCUT2D eigenvalue weighted by molar-refractivity contribution is 4.87. The molecule has 0 aromatic heterocycles. The van der Waals surface area contributed by atoms with Crippen LogP contribution in [0.25, 0.3) is 0 Å². The predicted molar refractivity (Wildman–Crippen MR) is 87.4 cm³/mol. The van der Waals surface area contributed by atoms with Gasteiger partial charge in [-0.25, -0.2) is 0 Å². The maximum Gasteiger partial charge on any atom is 0.169 e. The van der Waals surface area contributed by atoms with Crippen LogP contribution in [0.3, 0.4) is 0 Å². The van der Waals surface area contributed by atoms with Crippen LogP contribution in [-0.4, -0.2) is 32.1 Å². The van der Waals surface area contributed by atoms with Crippen LogP contribution in [0.1, 0.15) is 71.6 Å². The molecule has 0 aliphatic heterocycles. The smallest absolute Gasteiger partial charge is 0.169 e. The Morgan fingerprint density at radius 3 is 2.14 bits per heavy atom. The second-order valence-corrected chi connectivity index (χ2v) is 6.70. The van der Waals surface area contributed by atoms with Crippen molar-refractivity contribution in [2.24, 2.45) is 11.8 Å². The molecule has 0 heterocycles. The lowest BCUT2D eigenvalue weighted by molar-refractivity contribution is -0.134. The first-order valence-electron chi connectivity index (χ1n) is 9.31. The summed E-state index contributed by atoms with van der Waals surface area (Å²) in [7, 11) is 0. The molecule has 2 unspecified atom stereocenters.